The van der Waals surface area contributed by atoms with Gasteiger partial charge in [-0.1, -0.05) is 55.8 Å². The van der Waals surface area contributed by atoms with E-state index in [1.165, 1.54) is 17.0 Å². The first kappa shape index (κ1) is 32.5. The van der Waals surface area contributed by atoms with Crippen molar-refractivity contribution in [3.63, 3.8) is 0 Å². The number of ether oxygens (including phenoxy) is 2. The highest BCUT2D eigenvalue weighted by Crippen LogP contribution is 2.33. The van der Waals surface area contributed by atoms with Crippen LogP contribution in [0.25, 0.3) is 0 Å². The number of rotatable bonds is 15. The van der Waals surface area contributed by atoms with Crippen molar-refractivity contribution in [2.24, 2.45) is 0 Å². The molecule has 0 saturated heterocycles. The Balaban J connectivity index is 2.11. The van der Waals surface area contributed by atoms with Crippen LogP contribution in [0.4, 0.5) is 5.69 Å². The van der Waals surface area contributed by atoms with Crippen LogP contribution in [0, 0.1) is 6.92 Å². The van der Waals surface area contributed by atoms with Crippen LogP contribution in [0.15, 0.2) is 77.7 Å². The third kappa shape index (κ3) is 8.03. The van der Waals surface area contributed by atoms with E-state index < -0.39 is 28.5 Å². The van der Waals surface area contributed by atoms with Crippen molar-refractivity contribution in [3.8, 4) is 11.5 Å². The predicted molar refractivity (Wildman–Crippen MR) is 164 cm³/mol. The highest BCUT2D eigenvalue weighted by atomic mass is 32.2. The lowest BCUT2D eigenvalue weighted by Crippen LogP contribution is -2.52. The summed E-state index contributed by atoms with van der Waals surface area (Å²) in [5.41, 5.74) is 1.88. The van der Waals surface area contributed by atoms with E-state index in [2.05, 4.69) is 5.32 Å². The maximum absolute atomic E-state index is 14.2. The predicted octanol–water partition coefficient (Wildman–Crippen LogP) is 4.93. The number of methoxy groups -OCH3 is 1. The van der Waals surface area contributed by atoms with Gasteiger partial charge in [0.05, 0.1) is 24.3 Å². The average molecular weight is 596 g/mol. The number of carbonyl (C=O) groups excluding carboxylic acids is 2. The van der Waals surface area contributed by atoms with Gasteiger partial charge in [0.1, 0.15) is 24.1 Å². The molecular formula is C32H41N3O6S. The number of hydrogen-bond acceptors (Lipinski definition) is 6. The number of hydrogen-bond donors (Lipinski definition) is 1. The highest BCUT2D eigenvalue weighted by molar-refractivity contribution is 7.92. The Morgan fingerprint density at radius 1 is 0.952 bits per heavy atom. The fourth-order valence-electron chi connectivity index (χ4n) is 4.54. The summed E-state index contributed by atoms with van der Waals surface area (Å²) in [5, 5.41) is 2.89. The fraction of sp³-hybridized carbons (Fsp3) is 0.375. The van der Waals surface area contributed by atoms with Crippen molar-refractivity contribution in [1.82, 2.24) is 10.2 Å². The lowest BCUT2D eigenvalue weighted by Gasteiger charge is -2.33. The number of sulfonamides is 1. The number of carbonyl (C=O) groups is 2. The first-order valence-corrected chi connectivity index (χ1v) is 15.6. The van der Waals surface area contributed by atoms with Gasteiger partial charge >= 0.3 is 0 Å². The second-order valence-electron chi connectivity index (χ2n) is 9.81. The van der Waals surface area contributed by atoms with Crippen LogP contribution < -0.4 is 19.1 Å². The molecule has 0 aliphatic rings. The van der Waals surface area contributed by atoms with Crippen molar-refractivity contribution in [2.45, 2.75) is 58.0 Å². The van der Waals surface area contributed by atoms with Gasteiger partial charge in [0.2, 0.25) is 11.8 Å². The SMILES string of the molecule is CCCNC(=O)[C@H](CC)N(Cc1cccc(OC)c1)C(=O)CN(c1ccccc1OCC)S(=O)(=O)c1ccc(C)cc1. The number of aryl methyl sites for hydroxylation is 1. The molecule has 3 rings (SSSR count). The topological polar surface area (TPSA) is 105 Å². The van der Waals surface area contributed by atoms with Gasteiger partial charge in [0.25, 0.3) is 10.0 Å². The second kappa shape index (κ2) is 15.3. The van der Waals surface area contributed by atoms with Gasteiger partial charge in [0, 0.05) is 13.1 Å². The van der Waals surface area contributed by atoms with Crippen LogP contribution in [-0.2, 0) is 26.2 Å². The van der Waals surface area contributed by atoms with Gasteiger partial charge in [-0.25, -0.2) is 8.42 Å². The second-order valence-corrected chi connectivity index (χ2v) is 11.7. The number of para-hydroxylation sites is 2. The molecule has 0 saturated carbocycles. The molecule has 0 fully saturated rings. The molecule has 42 heavy (non-hydrogen) atoms. The summed E-state index contributed by atoms with van der Waals surface area (Å²) in [6, 6.07) is 19.6. The minimum Gasteiger partial charge on any atom is -0.497 e. The van der Waals surface area contributed by atoms with Crippen LogP contribution in [0.2, 0.25) is 0 Å². The quantitative estimate of drug-likeness (QED) is 0.267. The molecule has 226 valence electrons. The lowest BCUT2D eigenvalue weighted by atomic mass is 10.1. The van der Waals surface area contributed by atoms with Crippen molar-refractivity contribution in [2.75, 3.05) is 31.1 Å². The number of benzene rings is 3. The Labute approximate surface area is 249 Å². The van der Waals surface area contributed by atoms with E-state index in [1.54, 1.807) is 68.6 Å². The smallest absolute Gasteiger partial charge is 0.264 e. The zero-order valence-corrected chi connectivity index (χ0v) is 25.8. The van der Waals surface area contributed by atoms with Crippen molar-refractivity contribution < 1.29 is 27.5 Å². The zero-order valence-electron chi connectivity index (χ0n) is 25.0. The number of nitrogens with zero attached hydrogens (tertiary/aromatic N) is 2. The highest BCUT2D eigenvalue weighted by Gasteiger charge is 2.34. The van der Waals surface area contributed by atoms with Crippen LogP contribution in [0.1, 0.15) is 44.7 Å². The van der Waals surface area contributed by atoms with E-state index in [0.29, 0.717) is 31.1 Å². The summed E-state index contributed by atoms with van der Waals surface area (Å²) in [6.07, 6.45) is 1.08. The van der Waals surface area contributed by atoms with Crippen LogP contribution in [-0.4, -0.2) is 58.0 Å². The maximum atomic E-state index is 14.2. The van der Waals surface area contributed by atoms with Gasteiger partial charge in [-0.15, -0.1) is 0 Å². The molecule has 0 aromatic heterocycles. The van der Waals surface area contributed by atoms with E-state index in [4.69, 9.17) is 9.47 Å². The van der Waals surface area contributed by atoms with E-state index in [-0.39, 0.29) is 23.0 Å². The molecular weight excluding hydrogens is 554 g/mol. The third-order valence-electron chi connectivity index (χ3n) is 6.74. The van der Waals surface area contributed by atoms with Crippen LogP contribution >= 0.6 is 0 Å². The van der Waals surface area contributed by atoms with Gasteiger partial charge in [-0.05, 0) is 68.7 Å². The molecule has 1 atom stereocenters. The van der Waals surface area contributed by atoms with Crippen LogP contribution in [0.5, 0.6) is 11.5 Å². The van der Waals surface area contributed by atoms with E-state index in [1.807, 2.05) is 26.8 Å². The van der Waals surface area contributed by atoms with Crippen molar-refractivity contribution >= 4 is 27.5 Å². The molecule has 2 amide bonds. The maximum Gasteiger partial charge on any atom is 0.264 e. The van der Waals surface area contributed by atoms with E-state index in [0.717, 1.165) is 21.9 Å². The summed E-state index contributed by atoms with van der Waals surface area (Å²) in [5.74, 6) is 0.115. The molecule has 9 nitrogen and oxygen atoms in total. The van der Waals surface area contributed by atoms with Gasteiger partial charge in [-0.2, -0.15) is 0 Å². The van der Waals surface area contributed by atoms with E-state index in [9.17, 15) is 18.0 Å². The molecule has 0 spiro atoms. The summed E-state index contributed by atoms with van der Waals surface area (Å²) < 4.78 is 40.4. The largest absolute Gasteiger partial charge is 0.497 e. The summed E-state index contributed by atoms with van der Waals surface area (Å²) in [4.78, 5) is 29.0. The standard InChI is InChI=1S/C32H41N3O6S/c1-6-20-33-32(37)28(7-2)34(22-25-12-11-13-26(21-25)40-5)31(36)23-35(29-14-9-10-15-30(29)41-8-3)42(38,39)27-18-16-24(4)17-19-27/h9-19,21,28H,6-8,20,22-23H2,1-5H3,(H,33,37)/t28-/m0/s1. The van der Waals surface area contributed by atoms with Gasteiger partial charge in [0.15, 0.2) is 0 Å². The van der Waals surface area contributed by atoms with Crippen LogP contribution in [0.3, 0.4) is 0 Å². The fourth-order valence-corrected chi connectivity index (χ4v) is 5.97. The first-order chi connectivity index (χ1) is 20.2. The Kier molecular flexibility index (Phi) is 11.8. The normalized spacial score (nSPS) is 11.8. The Hall–Kier alpha value is -4.05. The molecule has 10 heteroatoms. The zero-order chi connectivity index (χ0) is 30.7. The van der Waals surface area contributed by atoms with Gasteiger partial charge in [-0.3, -0.25) is 13.9 Å². The molecule has 0 aliphatic heterocycles. The average Bonchev–Trinajstić information content (AvgIpc) is 2.99. The summed E-state index contributed by atoms with van der Waals surface area (Å²) >= 11 is 0. The number of amides is 2. The summed E-state index contributed by atoms with van der Waals surface area (Å²) in [6.45, 7) is 7.76. The van der Waals surface area contributed by atoms with E-state index >= 15 is 0 Å². The number of anilines is 1. The summed E-state index contributed by atoms with van der Waals surface area (Å²) in [7, 11) is -2.65. The first-order valence-electron chi connectivity index (χ1n) is 14.2. The molecule has 0 bridgehead atoms. The van der Waals surface area contributed by atoms with Crippen molar-refractivity contribution in [3.05, 3.63) is 83.9 Å². The lowest BCUT2D eigenvalue weighted by molar-refractivity contribution is -0.140. The minimum absolute atomic E-state index is 0.0410. The minimum atomic E-state index is -4.21. The molecule has 0 aliphatic carbocycles. The van der Waals surface area contributed by atoms with Crippen molar-refractivity contribution in [1.29, 1.82) is 0 Å². The molecule has 3 aromatic rings. The molecule has 3 aromatic carbocycles. The molecule has 1 N–H and O–H groups in total. The molecule has 0 unspecified atom stereocenters. The Bertz CT molecular complexity index is 1440. The third-order valence-corrected chi connectivity index (χ3v) is 8.52. The molecule has 0 heterocycles. The monoisotopic (exact) mass is 595 g/mol. The number of nitrogens with one attached hydrogen (secondary N) is 1. The Morgan fingerprint density at radius 2 is 1.67 bits per heavy atom. The molecule has 0 radical (unpaired) electrons. The van der Waals surface area contributed by atoms with Gasteiger partial charge < -0.3 is 19.7 Å². The Morgan fingerprint density at radius 3 is 2.31 bits per heavy atom.